The van der Waals surface area contributed by atoms with Crippen molar-refractivity contribution in [2.75, 3.05) is 18.8 Å². The molecule has 98 valence electrons. The van der Waals surface area contributed by atoms with Gasteiger partial charge >= 0.3 is 0 Å². The number of nitrogen functional groups attached to an aromatic ring is 1. The second-order valence-electron chi connectivity index (χ2n) is 5.75. The summed E-state index contributed by atoms with van der Waals surface area (Å²) in [4.78, 5) is 22.3. The summed E-state index contributed by atoms with van der Waals surface area (Å²) in [6.45, 7) is 7.76. The number of hydrogen-bond donors (Lipinski definition) is 1. The lowest BCUT2D eigenvalue weighted by molar-refractivity contribution is 0.0577. The van der Waals surface area contributed by atoms with Gasteiger partial charge in [0.1, 0.15) is 5.69 Å². The van der Waals surface area contributed by atoms with Crippen molar-refractivity contribution in [2.24, 2.45) is 5.41 Å². The van der Waals surface area contributed by atoms with Gasteiger partial charge < -0.3 is 10.6 Å². The Morgan fingerprint density at radius 2 is 2.17 bits per heavy atom. The van der Waals surface area contributed by atoms with Crippen LogP contribution in [-0.2, 0) is 0 Å². The van der Waals surface area contributed by atoms with Crippen LogP contribution in [-0.4, -0.2) is 33.9 Å². The molecule has 1 amide bonds. The molecule has 1 fully saturated rings. The van der Waals surface area contributed by atoms with E-state index in [2.05, 4.69) is 23.8 Å². The Hall–Kier alpha value is -1.65. The minimum absolute atomic E-state index is 0.0417. The summed E-state index contributed by atoms with van der Waals surface area (Å²) in [6.07, 6.45) is 2.19. The van der Waals surface area contributed by atoms with E-state index in [0.717, 1.165) is 31.6 Å². The number of amides is 1. The van der Waals surface area contributed by atoms with Crippen molar-refractivity contribution in [2.45, 2.75) is 33.6 Å². The van der Waals surface area contributed by atoms with Gasteiger partial charge in [-0.05, 0) is 31.2 Å². The molecule has 18 heavy (non-hydrogen) atoms. The number of piperidine rings is 1. The molecule has 0 atom stereocenters. The Balaban J connectivity index is 2.20. The van der Waals surface area contributed by atoms with E-state index in [4.69, 9.17) is 5.73 Å². The normalized spacial score (nSPS) is 18.7. The molecule has 2 N–H and O–H groups in total. The topological polar surface area (TPSA) is 72.1 Å². The molecule has 2 rings (SSSR count). The summed E-state index contributed by atoms with van der Waals surface area (Å²) in [7, 11) is 0. The second kappa shape index (κ2) is 4.55. The van der Waals surface area contributed by atoms with Crippen LogP contribution >= 0.6 is 0 Å². The number of hydrogen-bond acceptors (Lipinski definition) is 4. The van der Waals surface area contributed by atoms with Crippen LogP contribution in [0.4, 0.5) is 5.95 Å². The number of likely N-dealkylation sites (tertiary alicyclic amines) is 1. The summed E-state index contributed by atoms with van der Waals surface area (Å²) >= 11 is 0. The van der Waals surface area contributed by atoms with Crippen molar-refractivity contribution >= 4 is 11.9 Å². The number of anilines is 1. The summed E-state index contributed by atoms with van der Waals surface area (Å²) < 4.78 is 0. The Kier molecular flexibility index (Phi) is 3.24. The van der Waals surface area contributed by atoms with Crippen LogP contribution in [0, 0.1) is 12.3 Å². The van der Waals surface area contributed by atoms with Crippen molar-refractivity contribution in [1.82, 2.24) is 14.9 Å². The van der Waals surface area contributed by atoms with E-state index in [1.54, 1.807) is 6.07 Å². The molecule has 0 radical (unpaired) electrons. The molecular formula is C13H20N4O. The van der Waals surface area contributed by atoms with Crippen molar-refractivity contribution in [3.05, 3.63) is 17.5 Å². The monoisotopic (exact) mass is 248 g/mol. The van der Waals surface area contributed by atoms with E-state index in [9.17, 15) is 4.79 Å². The molecule has 0 unspecified atom stereocenters. The maximum absolute atomic E-state index is 12.4. The molecule has 0 spiro atoms. The maximum Gasteiger partial charge on any atom is 0.272 e. The molecule has 1 aromatic rings. The highest BCUT2D eigenvalue weighted by Crippen LogP contribution is 2.29. The minimum atomic E-state index is -0.0417. The molecule has 1 saturated heterocycles. The SMILES string of the molecule is Cc1cc(C(=O)N2CCCC(C)(C)C2)nc(N)n1. The molecule has 1 aliphatic rings. The van der Waals surface area contributed by atoms with E-state index in [0.29, 0.717) is 5.69 Å². The minimum Gasteiger partial charge on any atom is -0.368 e. The predicted octanol–water partition coefficient (Wildman–Crippen LogP) is 1.63. The van der Waals surface area contributed by atoms with Crippen LogP contribution in [0.1, 0.15) is 42.9 Å². The lowest BCUT2D eigenvalue weighted by atomic mass is 9.84. The smallest absolute Gasteiger partial charge is 0.272 e. The van der Waals surface area contributed by atoms with Crippen LogP contribution in [0.2, 0.25) is 0 Å². The molecule has 5 heteroatoms. The van der Waals surface area contributed by atoms with Gasteiger partial charge in [0.15, 0.2) is 0 Å². The van der Waals surface area contributed by atoms with Crippen molar-refractivity contribution in [3.63, 3.8) is 0 Å². The van der Waals surface area contributed by atoms with Crippen molar-refractivity contribution < 1.29 is 4.79 Å². The highest BCUT2D eigenvalue weighted by Gasteiger charge is 2.30. The average Bonchev–Trinajstić information content (AvgIpc) is 2.25. The Bertz CT molecular complexity index is 450. The number of carbonyl (C=O) groups is 1. The predicted molar refractivity (Wildman–Crippen MR) is 70.1 cm³/mol. The highest BCUT2D eigenvalue weighted by molar-refractivity contribution is 5.92. The van der Waals surface area contributed by atoms with E-state index >= 15 is 0 Å². The third-order valence-electron chi connectivity index (χ3n) is 3.28. The first kappa shape index (κ1) is 12.8. The van der Waals surface area contributed by atoms with Gasteiger partial charge in [-0.25, -0.2) is 9.97 Å². The summed E-state index contributed by atoms with van der Waals surface area (Å²) in [5.74, 6) is 0.120. The Labute approximate surface area is 107 Å². The molecule has 1 aliphatic heterocycles. The van der Waals surface area contributed by atoms with Gasteiger partial charge in [-0.15, -0.1) is 0 Å². The highest BCUT2D eigenvalue weighted by atomic mass is 16.2. The van der Waals surface area contributed by atoms with Crippen LogP contribution in [0.3, 0.4) is 0 Å². The van der Waals surface area contributed by atoms with Gasteiger partial charge in [0.05, 0.1) is 0 Å². The van der Waals surface area contributed by atoms with E-state index < -0.39 is 0 Å². The average molecular weight is 248 g/mol. The fourth-order valence-corrected chi connectivity index (χ4v) is 2.46. The van der Waals surface area contributed by atoms with Crippen molar-refractivity contribution in [3.8, 4) is 0 Å². The quantitative estimate of drug-likeness (QED) is 0.820. The van der Waals surface area contributed by atoms with Gasteiger partial charge in [0, 0.05) is 18.8 Å². The van der Waals surface area contributed by atoms with Gasteiger partial charge in [-0.3, -0.25) is 4.79 Å². The Morgan fingerprint density at radius 1 is 1.44 bits per heavy atom. The first-order chi connectivity index (χ1) is 8.37. The molecule has 2 heterocycles. The molecular weight excluding hydrogens is 228 g/mol. The molecule has 5 nitrogen and oxygen atoms in total. The number of nitrogens with two attached hydrogens (primary N) is 1. The zero-order valence-electron chi connectivity index (χ0n) is 11.2. The molecule has 0 aromatic carbocycles. The lowest BCUT2D eigenvalue weighted by Gasteiger charge is -2.37. The fraction of sp³-hybridized carbons (Fsp3) is 0.615. The number of aryl methyl sites for hydroxylation is 1. The lowest BCUT2D eigenvalue weighted by Crippen LogP contribution is -2.43. The molecule has 0 bridgehead atoms. The van der Waals surface area contributed by atoms with Gasteiger partial charge in [0.2, 0.25) is 5.95 Å². The zero-order chi connectivity index (χ0) is 13.3. The van der Waals surface area contributed by atoms with Crippen LogP contribution < -0.4 is 5.73 Å². The van der Waals surface area contributed by atoms with Gasteiger partial charge in [0.25, 0.3) is 5.91 Å². The van der Waals surface area contributed by atoms with E-state index in [1.807, 2.05) is 11.8 Å². The standard InChI is InChI=1S/C13H20N4O/c1-9-7-10(16-12(14)15-9)11(18)17-6-4-5-13(2,3)8-17/h7H,4-6,8H2,1-3H3,(H2,14,15,16). The first-order valence-electron chi connectivity index (χ1n) is 6.28. The third kappa shape index (κ3) is 2.78. The summed E-state index contributed by atoms with van der Waals surface area (Å²) in [6, 6.07) is 1.69. The number of aromatic nitrogens is 2. The summed E-state index contributed by atoms with van der Waals surface area (Å²) in [5.41, 5.74) is 6.89. The maximum atomic E-state index is 12.4. The van der Waals surface area contributed by atoms with Crippen LogP contribution in [0.5, 0.6) is 0 Å². The molecule has 1 aromatic heterocycles. The van der Waals surface area contributed by atoms with Crippen LogP contribution in [0.15, 0.2) is 6.07 Å². The number of nitrogens with zero attached hydrogens (tertiary/aromatic N) is 3. The van der Waals surface area contributed by atoms with E-state index in [1.165, 1.54) is 0 Å². The van der Waals surface area contributed by atoms with Crippen LogP contribution in [0.25, 0.3) is 0 Å². The van der Waals surface area contributed by atoms with Gasteiger partial charge in [-0.2, -0.15) is 0 Å². The second-order valence-corrected chi connectivity index (χ2v) is 5.75. The zero-order valence-corrected chi connectivity index (χ0v) is 11.2. The number of rotatable bonds is 1. The first-order valence-corrected chi connectivity index (χ1v) is 6.28. The Morgan fingerprint density at radius 3 is 2.78 bits per heavy atom. The largest absolute Gasteiger partial charge is 0.368 e. The van der Waals surface area contributed by atoms with E-state index in [-0.39, 0.29) is 17.3 Å². The third-order valence-corrected chi connectivity index (χ3v) is 3.28. The van der Waals surface area contributed by atoms with Crippen molar-refractivity contribution in [1.29, 1.82) is 0 Å². The summed E-state index contributed by atoms with van der Waals surface area (Å²) in [5, 5.41) is 0. The molecule has 0 saturated carbocycles. The molecule has 0 aliphatic carbocycles. The number of carbonyl (C=O) groups excluding carboxylic acids is 1. The van der Waals surface area contributed by atoms with Gasteiger partial charge in [-0.1, -0.05) is 13.8 Å². The fourth-order valence-electron chi connectivity index (χ4n) is 2.46.